The van der Waals surface area contributed by atoms with Gasteiger partial charge in [-0.3, -0.25) is 14.8 Å². The van der Waals surface area contributed by atoms with E-state index in [1.165, 1.54) is 22.5 Å². The molecule has 0 amide bonds. The van der Waals surface area contributed by atoms with Crippen molar-refractivity contribution in [3.05, 3.63) is 74.9 Å². The molecule has 0 aliphatic rings. The second-order valence-electron chi connectivity index (χ2n) is 7.07. The predicted molar refractivity (Wildman–Crippen MR) is 139 cm³/mol. The molecule has 7 heteroatoms. The molecule has 1 N–H and O–H groups in total. The first kappa shape index (κ1) is 28.1. The number of ether oxygens (including phenoxy) is 1. The third kappa shape index (κ3) is 8.51. The molecular weight excluding hydrogens is 432 g/mol. The van der Waals surface area contributed by atoms with Crippen molar-refractivity contribution < 1.29 is 9.53 Å². The van der Waals surface area contributed by atoms with Crippen LogP contribution in [0.3, 0.4) is 0 Å². The van der Waals surface area contributed by atoms with Crippen molar-refractivity contribution in [3.63, 3.8) is 0 Å². The molecule has 178 valence electrons. The normalized spacial score (nSPS) is 11.5. The maximum Gasteiger partial charge on any atom is 0.214 e. The summed E-state index contributed by atoms with van der Waals surface area (Å²) in [6.07, 6.45) is 2.50. The van der Waals surface area contributed by atoms with Crippen LogP contribution >= 0.6 is 11.3 Å². The lowest BCUT2D eigenvalue weighted by atomic mass is 10.0. The number of nitrogens with zero attached hydrogens (tertiary/aromatic N) is 3. The van der Waals surface area contributed by atoms with Crippen molar-refractivity contribution in [1.29, 1.82) is 0 Å². The number of aliphatic imine (C=N–C) groups is 1. The lowest BCUT2D eigenvalue weighted by Gasteiger charge is -2.12. The van der Waals surface area contributed by atoms with Crippen LogP contribution in [0.25, 0.3) is 0 Å². The van der Waals surface area contributed by atoms with Crippen LogP contribution in [0, 0.1) is 20.8 Å². The van der Waals surface area contributed by atoms with Gasteiger partial charge in [0.25, 0.3) is 0 Å². The first-order valence-electron chi connectivity index (χ1n) is 11.1. The monoisotopic (exact) mass is 468 g/mol. The smallest absolute Gasteiger partial charge is 0.214 e. The van der Waals surface area contributed by atoms with Gasteiger partial charge in [-0.15, -0.1) is 11.3 Å². The van der Waals surface area contributed by atoms with Crippen molar-refractivity contribution in [1.82, 2.24) is 15.3 Å². The van der Waals surface area contributed by atoms with Gasteiger partial charge in [-0.25, -0.2) is 4.98 Å². The largest absolute Gasteiger partial charge is 0.470 e. The number of carbonyl (C=O) groups is 1. The van der Waals surface area contributed by atoms with Crippen LogP contribution < -0.4 is 10.1 Å². The van der Waals surface area contributed by atoms with Crippen LogP contribution in [0.2, 0.25) is 0 Å². The third-order valence-electron chi connectivity index (χ3n) is 4.81. The predicted octanol–water partition coefficient (Wildman–Crippen LogP) is 5.50. The molecule has 1 aromatic carbocycles. The number of nitrogens with one attached hydrogen (secondary N) is 1. The zero-order chi connectivity index (χ0) is 24.8. The highest BCUT2D eigenvalue weighted by atomic mass is 32.1. The number of carbonyl (C=O) groups excluding carboxylic acids is 1. The van der Waals surface area contributed by atoms with Gasteiger partial charge in [-0.2, -0.15) is 0 Å². The molecule has 0 radical (unpaired) electrons. The lowest BCUT2D eigenvalue weighted by Crippen LogP contribution is -2.11. The summed E-state index contributed by atoms with van der Waals surface area (Å²) in [7, 11) is 3.73. The van der Waals surface area contributed by atoms with E-state index >= 15 is 0 Å². The second-order valence-corrected chi connectivity index (χ2v) is 7.96. The van der Waals surface area contributed by atoms with E-state index in [0.29, 0.717) is 18.2 Å². The minimum Gasteiger partial charge on any atom is -0.470 e. The van der Waals surface area contributed by atoms with Gasteiger partial charge in [-0.05, 0) is 45.9 Å². The van der Waals surface area contributed by atoms with Gasteiger partial charge in [0.1, 0.15) is 6.61 Å². The Hall–Kier alpha value is -2.90. The molecule has 0 aliphatic carbocycles. The number of pyridine rings is 1. The maximum absolute atomic E-state index is 10.3. The number of hydrogen-bond donors (Lipinski definition) is 1. The minimum absolute atomic E-state index is 0.00873. The van der Waals surface area contributed by atoms with Gasteiger partial charge in [-0.1, -0.05) is 43.7 Å². The number of thiazole rings is 1. The van der Waals surface area contributed by atoms with Gasteiger partial charge < -0.3 is 10.1 Å². The van der Waals surface area contributed by atoms with E-state index in [-0.39, 0.29) is 6.61 Å². The van der Waals surface area contributed by atoms with E-state index in [0.717, 1.165) is 27.4 Å². The summed E-state index contributed by atoms with van der Waals surface area (Å²) >= 11 is 1.54. The zero-order valence-corrected chi connectivity index (χ0v) is 21.8. The number of benzene rings is 1. The number of aromatic nitrogens is 2. The Morgan fingerprint density at radius 2 is 1.88 bits per heavy atom. The minimum atomic E-state index is 0.00873. The molecule has 33 heavy (non-hydrogen) atoms. The van der Waals surface area contributed by atoms with Crippen LogP contribution in [-0.4, -0.2) is 42.7 Å². The first-order chi connectivity index (χ1) is 15.9. The molecule has 1 atom stereocenters. The summed E-state index contributed by atoms with van der Waals surface area (Å²) in [4.78, 5) is 24.2. The van der Waals surface area contributed by atoms with Crippen LogP contribution in [0.4, 0.5) is 0 Å². The molecule has 3 rings (SSSR count). The van der Waals surface area contributed by atoms with Crippen molar-refractivity contribution >= 4 is 23.3 Å². The topological polar surface area (TPSA) is 76.5 Å². The van der Waals surface area contributed by atoms with Crippen molar-refractivity contribution in [2.24, 2.45) is 4.99 Å². The molecule has 2 aromatic heterocycles. The van der Waals surface area contributed by atoms with Crippen LogP contribution in [-0.2, 0) is 4.79 Å². The summed E-state index contributed by atoms with van der Waals surface area (Å²) in [5.74, 6) is 0.454. The zero-order valence-electron chi connectivity index (χ0n) is 21.0. The highest BCUT2D eigenvalue weighted by molar-refractivity contribution is 7.12. The Labute approximate surface area is 202 Å². The summed E-state index contributed by atoms with van der Waals surface area (Å²) in [5.41, 5.74) is 8.12. The summed E-state index contributed by atoms with van der Waals surface area (Å²) in [6, 6.07) is 10.9. The molecule has 0 unspecified atom stereocenters. The Bertz CT molecular complexity index is 977. The number of hydrogen-bond acceptors (Lipinski definition) is 7. The maximum atomic E-state index is 10.3. The standard InChI is InChI=1S/C14H15N3O2S.C10H15N.C2H6/c1-9-6-12(19-5-4-18)17-10(2)13(9)14(15-3)11-7-16-8-20-11;1-8-4-6-10(7-5-8)9(2)11-3;1-2/h4,6-8H,5H2,1-3H3;4-7,9,11H,1-3H3;1-2H3/t;9-;/m.0./s1. The van der Waals surface area contributed by atoms with E-state index in [2.05, 4.69) is 58.4 Å². The SMILES string of the molecule is CC.CN=C(c1cncs1)c1c(C)cc(OCC=O)nc1C.CN[C@@H](C)c1ccc(C)cc1. The van der Waals surface area contributed by atoms with Gasteiger partial charge >= 0.3 is 0 Å². The molecule has 0 bridgehead atoms. The van der Waals surface area contributed by atoms with Crippen LogP contribution in [0.15, 0.2) is 47.0 Å². The Morgan fingerprint density at radius 3 is 2.36 bits per heavy atom. The first-order valence-corrected chi connectivity index (χ1v) is 11.9. The molecule has 0 spiro atoms. The summed E-state index contributed by atoms with van der Waals surface area (Å²) in [5, 5.41) is 3.20. The number of aryl methyl sites for hydroxylation is 3. The molecule has 2 heterocycles. The van der Waals surface area contributed by atoms with Gasteiger partial charge in [0.2, 0.25) is 5.88 Å². The quantitative estimate of drug-likeness (QED) is 0.366. The fourth-order valence-electron chi connectivity index (χ4n) is 3.05. The van der Waals surface area contributed by atoms with Crippen molar-refractivity contribution in [2.45, 2.75) is 47.6 Å². The molecule has 0 aliphatic heterocycles. The molecular formula is C26H36N4O2S. The van der Waals surface area contributed by atoms with Crippen molar-refractivity contribution in [2.75, 3.05) is 20.7 Å². The van der Waals surface area contributed by atoms with E-state index < -0.39 is 0 Å². The average Bonchev–Trinajstić information content (AvgIpc) is 3.36. The number of rotatable bonds is 7. The lowest BCUT2D eigenvalue weighted by molar-refractivity contribution is -0.109. The molecule has 6 nitrogen and oxygen atoms in total. The van der Waals surface area contributed by atoms with E-state index in [1.807, 2.05) is 40.8 Å². The Kier molecular flexibility index (Phi) is 12.8. The summed E-state index contributed by atoms with van der Waals surface area (Å²) < 4.78 is 5.25. The average molecular weight is 469 g/mol. The Morgan fingerprint density at radius 1 is 1.21 bits per heavy atom. The van der Waals surface area contributed by atoms with E-state index in [1.54, 1.807) is 18.8 Å². The molecule has 0 saturated carbocycles. The van der Waals surface area contributed by atoms with Gasteiger partial charge in [0.05, 0.1) is 21.8 Å². The summed E-state index contributed by atoms with van der Waals surface area (Å²) in [6.45, 7) is 12.2. The van der Waals surface area contributed by atoms with Crippen LogP contribution in [0.1, 0.15) is 59.6 Å². The fourth-order valence-corrected chi connectivity index (χ4v) is 3.71. The van der Waals surface area contributed by atoms with E-state index in [4.69, 9.17) is 4.74 Å². The number of aldehydes is 1. The van der Waals surface area contributed by atoms with Crippen molar-refractivity contribution in [3.8, 4) is 5.88 Å². The highest BCUT2D eigenvalue weighted by Gasteiger charge is 2.16. The highest BCUT2D eigenvalue weighted by Crippen LogP contribution is 2.23. The second kappa shape index (κ2) is 15.0. The molecule has 0 saturated heterocycles. The Balaban J connectivity index is 0.000000354. The third-order valence-corrected chi connectivity index (χ3v) is 5.59. The van der Waals surface area contributed by atoms with Gasteiger partial charge in [0, 0.05) is 30.9 Å². The molecule has 3 aromatic rings. The van der Waals surface area contributed by atoms with E-state index in [9.17, 15) is 4.79 Å². The molecule has 0 fully saturated rings. The fraction of sp³-hybridized carbons (Fsp3) is 0.385. The van der Waals surface area contributed by atoms with Gasteiger partial charge in [0.15, 0.2) is 6.29 Å². The van der Waals surface area contributed by atoms with Crippen LogP contribution in [0.5, 0.6) is 5.88 Å².